The highest BCUT2D eigenvalue weighted by molar-refractivity contribution is 8.00. The van der Waals surface area contributed by atoms with Crippen molar-refractivity contribution in [1.29, 1.82) is 0 Å². The first kappa shape index (κ1) is 28.2. The Labute approximate surface area is 215 Å². The molecule has 1 atom stereocenters. The van der Waals surface area contributed by atoms with E-state index in [0.29, 0.717) is 5.75 Å². The number of amides is 1. The van der Waals surface area contributed by atoms with Gasteiger partial charge in [-0.3, -0.25) is 9.59 Å². The highest BCUT2D eigenvalue weighted by Gasteiger charge is 2.32. The molecule has 1 aromatic heterocycles. The number of hydrogen-bond donors (Lipinski definition) is 2. The highest BCUT2D eigenvalue weighted by atomic mass is 32.2. The third kappa shape index (κ3) is 6.91. The van der Waals surface area contributed by atoms with Crippen LogP contribution in [-0.2, 0) is 5.41 Å². The topological polar surface area (TPSA) is 84.1 Å². The molecule has 2 N–H and O–H groups in total. The molecule has 11 heteroatoms. The smallest absolute Gasteiger partial charge is 0.446 e. The van der Waals surface area contributed by atoms with Crippen LogP contribution in [0.15, 0.2) is 58.2 Å². The number of nitrogens with zero attached hydrogens (tertiary/aromatic N) is 1. The Morgan fingerprint density at radius 1 is 1.08 bits per heavy atom. The average molecular weight is 538 g/mol. The van der Waals surface area contributed by atoms with Crippen molar-refractivity contribution < 1.29 is 27.1 Å². The number of alkyl halides is 3. The minimum Gasteiger partial charge on any atom is -0.497 e. The van der Waals surface area contributed by atoms with E-state index in [9.17, 15) is 27.2 Å². The molecule has 1 amide bonds. The molecule has 0 radical (unpaired) electrons. The molecule has 0 aliphatic rings. The molecular weight excluding hydrogens is 510 g/mol. The summed E-state index contributed by atoms with van der Waals surface area (Å²) in [6.07, 6.45) is 0. The van der Waals surface area contributed by atoms with E-state index in [2.05, 4.69) is 15.3 Å². The number of methoxy groups -OCH3 is 1. The number of carbonyl (C=O) groups excluding carboxylic acids is 1. The Balaban J connectivity index is 1.90. The largest absolute Gasteiger partial charge is 0.497 e. The lowest BCUT2D eigenvalue weighted by Gasteiger charge is -2.26. The van der Waals surface area contributed by atoms with Gasteiger partial charge in [-0.15, -0.1) is 0 Å². The molecule has 0 spiro atoms. The van der Waals surface area contributed by atoms with Gasteiger partial charge in [0.2, 0.25) is 0 Å². The van der Waals surface area contributed by atoms with Crippen LogP contribution in [0.2, 0.25) is 0 Å². The predicted octanol–water partition coefficient (Wildman–Crippen LogP) is 5.98. The molecule has 3 rings (SSSR count). The van der Waals surface area contributed by atoms with E-state index in [0.717, 1.165) is 23.8 Å². The number of thioether (sulfide) groups is 1. The van der Waals surface area contributed by atoms with Crippen molar-refractivity contribution >= 4 is 17.7 Å². The predicted molar refractivity (Wildman–Crippen MR) is 133 cm³/mol. The van der Waals surface area contributed by atoms with Gasteiger partial charge in [-0.25, -0.2) is 9.37 Å². The van der Waals surface area contributed by atoms with Gasteiger partial charge in [0.15, 0.2) is 0 Å². The molecule has 1 heterocycles. The van der Waals surface area contributed by atoms with Crippen LogP contribution in [0.4, 0.5) is 17.6 Å². The molecule has 2 aromatic carbocycles. The summed E-state index contributed by atoms with van der Waals surface area (Å²) < 4.78 is 57.6. The molecule has 198 valence electrons. The molecule has 0 aliphatic carbocycles. The van der Waals surface area contributed by atoms with Crippen LogP contribution >= 0.6 is 11.8 Å². The fourth-order valence-corrected chi connectivity index (χ4v) is 4.32. The summed E-state index contributed by atoms with van der Waals surface area (Å²) in [4.78, 5) is 32.1. The van der Waals surface area contributed by atoms with Crippen molar-refractivity contribution in [3.63, 3.8) is 0 Å². The van der Waals surface area contributed by atoms with E-state index in [4.69, 9.17) is 4.74 Å². The minimum absolute atomic E-state index is 0.143. The zero-order valence-electron chi connectivity index (χ0n) is 20.9. The molecule has 0 fully saturated rings. The normalized spacial score (nSPS) is 12.9. The number of hydrogen-bond acceptors (Lipinski definition) is 5. The van der Waals surface area contributed by atoms with Crippen LogP contribution < -0.4 is 15.6 Å². The third-order valence-corrected chi connectivity index (χ3v) is 6.65. The minimum atomic E-state index is -4.63. The second kappa shape index (κ2) is 11.0. The molecule has 0 saturated heterocycles. The van der Waals surface area contributed by atoms with Crippen LogP contribution in [0.5, 0.6) is 5.75 Å². The van der Waals surface area contributed by atoms with Crippen molar-refractivity contribution in [2.24, 2.45) is 5.92 Å². The van der Waals surface area contributed by atoms with Gasteiger partial charge in [0.05, 0.1) is 18.0 Å². The number of H-pyrrole nitrogens is 1. The monoisotopic (exact) mass is 537 g/mol. The summed E-state index contributed by atoms with van der Waals surface area (Å²) in [7, 11) is 1.55. The average Bonchev–Trinajstić information content (AvgIpc) is 2.82. The fraction of sp³-hybridized carbons (Fsp3) is 0.346. The number of aromatic amines is 1. The molecule has 6 nitrogen and oxygen atoms in total. The van der Waals surface area contributed by atoms with Crippen molar-refractivity contribution in [1.82, 2.24) is 15.3 Å². The molecule has 3 aromatic rings. The van der Waals surface area contributed by atoms with Crippen molar-refractivity contribution in [3.05, 3.63) is 87.3 Å². The van der Waals surface area contributed by atoms with Gasteiger partial charge in [0.1, 0.15) is 23.1 Å². The van der Waals surface area contributed by atoms with Gasteiger partial charge in [-0.2, -0.15) is 13.2 Å². The highest BCUT2D eigenvalue weighted by Crippen LogP contribution is 2.39. The quantitative estimate of drug-likeness (QED) is 0.273. The summed E-state index contributed by atoms with van der Waals surface area (Å²) in [5.41, 5.74) is -4.96. The van der Waals surface area contributed by atoms with Crippen molar-refractivity contribution in [2.75, 3.05) is 7.11 Å². The van der Waals surface area contributed by atoms with E-state index in [1.54, 1.807) is 33.1 Å². The summed E-state index contributed by atoms with van der Waals surface area (Å²) in [6.45, 7) is 7.22. The standard InChI is InChI=1S/C26H27F4N3O3S/c1-14(2)22(15-6-11-20(18(27)12-15)37-26(28,29)30)33-23(35)19-13-21(34)32-24(31-19)25(3,4)16-7-9-17(36-5)10-8-16/h6-14,22H,1-5H3,(H,33,35)(H,31,32,34). The van der Waals surface area contributed by atoms with Gasteiger partial charge >= 0.3 is 5.51 Å². The van der Waals surface area contributed by atoms with Gasteiger partial charge in [0, 0.05) is 11.5 Å². The fourth-order valence-electron chi connectivity index (χ4n) is 3.78. The SMILES string of the molecule is COc1ccc(C(C)(C)c2nc(C(=O)NC(c3ccc(SC(F)(F)F)c(F)c3)C(C)C)cc(=O)[nH]2)cc1. The van der Waals surface area contributed by atoms with Crippen LogP contribution in [0, 0.1) is 11.7 Å². The van der Waals surface area contributed by atoms with Gasteiger partial charge in [-0.05, 0) is 66.9 Å². The lowest BCUT2D eigenvalue weighted by atomic mass is 9.83. The lowest BCUT2D eigenvalue weighted by molar-refractivity contribution is -0.0329. The summed E-state index contributed by atoms with van der Waals surface area (Å²) in [5.74, 6) is -1.05. The zero-order chi connectivity index (χ0) is 27.5. The number of aromatic nitrogens is 2. The number of carbonyl (C=O) groups is 1. The first-order valence-electron chi connectivity index (χ1n) is 11.3. The van der Waals surface area contributed by atoms with Gasteiger partial charge in [-0.1, -0.05) is 32.0 Å². The van der Waals surface area contributed by atoms with E-state index in [-0.39, 0.29) is 23.0 Å². The molecule has 0 bridgehead atoms. The Morgan fingerprint density at radius 3 is 2.27 bits per heavy atom. The van der Waals surface area contributed by atoms with Crippen LogP contribution in [0.25, 0.3) is 0 Å². The Kier molecular flexibility index (Phi) is 8.36. The number of benzene rings is 2. The number of halogens is 4. The number of nitrogens with one attached hydrogen (secondary N) is 2. The van der Waals surface area contributed by atoms with Gasteiger partial charge < -0.3 is 15.0 Å². The molecular formula is C26H27F4N3O3S. The zero-order valence-corrected chi connectivity index (χ0v) is 21.7. The van der Waals surface area contributed by atoms with Crippen LogP contribution in [-0.4, -0.2) is 28.5 Å². The van der Waals surface area contributed by atoms with Crippen molar-refractivity contribution in [2.45, 2.75) is 49.6 Å². The summed E-state index contributed by atoms with van der Waals surface area (Å²) in [5, 5.41) is 2.74. The molecule has 37 heavy (non-hydrogen) atoms. The summed E-state index contributed by atoms with van der Waals surface area (Å²) in [6, 6.07) is 10.9. The molecule has 1 unspecified atom stereocenters. The Bertz CT molecular complexity index is 1320. The maximum atomic E-state index is 14.4. The first-order valence-corrected chi connectivity index (χ1v) is 12.2. The van der Waals surface area contributed by atoms with E-state index in [1.165, 1.54) is 6.07 Å². The maximum absolute atomic E-state index is 14.4. The molecule has 0 saturated carbocycles. The summed E-state index contributed by atoms with van der Waals surface area (Å²) >= 11 is -0.545. The van der Waals surface area contributed by atoms with Crippen molar-refractivity contribution in [3.8, 4) is 5.75 Å². The second-order valence-corrected chi connectivity index (χ2v) is 10.4. The van der Waals surface area contributed by atoms with Crippen LogP contribution in [0.3, 0.4) is 0 Å². The van der Waals surface area contributed by atoms with E-state index < -0.39 is 50.9 Å². The van der Waals surface area contributed by atoms with E-state index >= 15 is 0 Å². The lowest BCUT2D eigenvalue weighted by Crippen LogP contribution is -2.35. The number of rotatable bonds is 8. The van der Waals surface area contributed by atoms with E-state index in [1.807, 2.05) is 26.0 Å². The van der Waals surface area contributed by atoms with Gasteiger partial charge in [0.25, 0.3) is 11.5 Å². The van der Waals surface area contributed by atoms with Crippen LogP contribution in [0.1, 0.15) is 61.2 Å². The first-order chi connectivity index (χ1) is 17.2. The Morgan fingerprint density at radius 2 is 1.73 bits per heavy atom. The third-order valence-electron chi connectivity index (χ3n) is 5.87. The number of ether oxygens (including phenoxy) is 1. The molecule has 0 aliphatic heterocycles. The Hall–Kier alpha value is -3.34. The second-order valence-electron chi connectivity index (χ2n) is 9.27. The maximum Gasteiger partial charge on any atom is 0.446 e.